The van der Waals surface area contributed by atoms with Crippen LogP contribution in [0.25, 0.3) is 5.78 Å². The number of hydrogen-bond donors (Lipinski definition) is 1. The van der Waals surface area contributed by atoms with E-state index in [2.05, 4.69) is 20.3 Å². The molecule has 0 atom stereocenters. The van der Waals surface area contributed by atoms with E-state index >= 15 is 0 Å². The van der Waals surface area contributed by atoms with Crippen molar-refractivity contribution in [2.24, 2.45) is 0 Å². The number of carbonyl (C=O) groups excluding carboxylic acids is 1. The Bertz CT molecular complexity index is 1000. The number of nitrogens with one attached hydrogen (secondary N) is 1. The second-order valence-corrected chi connectivity index (χ2v) is 6.24. The van der Waals surface area contributed by atoms with E-state index in [-0.39, 0.29) is 11.6 Å². The number of hydrogen-bond acceptors (Lipinski definition) is 5. The zero-order valence-corrected chi connectivity index (χ0v) is 14.5. The van der Waals surface area contributed by atoms with E-state index in [1.807, 2.05) is 6.20 Å². The van der Waals surface area contributed by atoms with Crippen LogP contribution >= 0.6 is 0 Å². The average Bonchev–Trinajstić information content (AvgIpc) is 3.43. The zero-order chi connectivity index (χ0) is 19.0. The quantitative estimate of drug-likeness (QED) is 0.714. The average molecular weight is 373 g/mol. The van der Waals surface area contributed by atoms with E-state index in [1.165, 1.54) is 18.2 Å². The first-order valence-electron chi connectivity index (χ1n) is 8.64. The Labute approximate surface area is 153 Å². The van der Waals surface area contributed by atoms with E-state index in [1.54, 1.807) is 17.5 Å². The van der Waals surface area contributed by atoms with Crippen LogP contribution in [0.2, 0.25) is 0 Å². The van der Waals surface area contributed by atoms with Gasteiger partial charge >= 0.3 is 0 Å². The molecule has 1 N–H and O–H groups in total. The monoisotopic (exact) mass is 373 g/mol. The number of amides is 1. The van der Waals surface area contributed by atoms with Crippen molar-refractivity contribution in [1.29, 1.82) is 0 Å². The number of aromatic nitrogens is 4. The minimum atomic E-state index is -2.75. The van der Waals surface area contributed by atoms with Crippen molar-refractivity contribution in [1.82, 2.24) is 19.4 Å². The van der Waals surface area contributed by atoms with E-state index in [4.69, 9.17) is 4.74 Å². The van der Waals surface area contributed by atoms with Crippen molar-refractivity contribution in [2.75, 3.05) is 11.9 Å². The number of halogens is 2. The molecule has 0 unspecified atom stereocenters. The van der Waals surface area contributed by atoms with Gasteiger partial charge < -0.3 is 10.1 Å². The van der Waals surface area contributed by atoms with E-state index < -0.39 is 18.0 Å². The molecular weight excluding hydrogens is 356 g/mol. The number of carbonyl (C=O) groups is 1. The van der Waals surface area contributed by atoms with E-state index in [0.29, 0.717) is 24.0 Å². The zero-order valence-electron chi connectivity index (χ0n) is 14.5. The number of pyridine rings is 1. The summed E-state index contributed by atoms with van der Waals surface area (Å²) in [4.78, 5) is 25.0. The minimum absolute atomic E-state index is 0.111. The Hall–Kier alpha value is -3.10. The summed E-state index contributed by atoms with van der Waals surface area (Å²) in [5, 5.41) is 2.64. The lowest BCUT2D eigenvalue weighted by Crippen LogP contribution is -2.16. The van der Waals surface area contributed by atoms with Gasteiger partial charge in [0.15, 0.2) is 0 Å². The van der Waals surface area contributed by atoms with Crippen molar-refractivity contribution in [3.8, 4) is 5.88 Å². The molecule has 1 amide bonds. The molecule has 7 nitrogen and oxygen atoms in total. The molecule has 140 valence electrons. The van der Waals surface area contributed by atoms with Crippen LogP contribution in [-0.2, 0) is 0 Å². The summed E-state index contributed by atoms with van der Waals surface area (Å²) in [5.41, 5.74) is 0.711. The number of fused-ring (bicyclic) bond motifs is 1. The molecule has 0 saturated heterocycles. The molecule has 3 aromatic rings. The third-order valence-electron chi connectivity index (χ3n) is 4.18. The highest BCUT2D eigenvalue weighted by Crippen LogP contribution is 2.39. The maximum absolute atomic E-state index is 12.8. The molecule has 3 aromatic heterocycles. The fourth-order valence-electron chi connectivity index (χ4n) is 2.72. The lowest BCUT2D eigenvalue weighted by atomic mass is 10.3. The second-order valence-electron chi connectivity index (χ2n) is 6.24. The summed E-state index contributed by atoms with van der Waals surface area (Å²) in [7, 11) is 0. The van der Waals surface area contributed by atoms with Crippen molar-refractivity contribution >= 4 is 17.4 Å². The predicted octanol–water partition coefficient (Wildman–Crippen LogP) is 3.59. The second kappa shape index (κ2) is 6.90. The van der Waals surface area contributed by atoms with Crippen LogP contribution in [0.15, 0.2) is 30.6 Å². The molecule has 0 radical (unpaired) electrons. The SMILES string of the molecule is CCOc1nc2nc(C3CC3)cn2cc1NC(=O)c1cccc(C(F)F)n1. The maximum Gasteiger partial charge on any atom is 0.280 e. The highest BCUT2D eigenvalue weighted by Gasteiger charge is 2.27. The first-order chi connectivity index (χ1) is 13.0. The van der Waals surface area contributed by atoms with Crippen LogP contribution in [0.5, 0.6) is 5.88 Å². The number of rotatable bonds is 6. The standard InChI is InChI=1S/C18H17F2N5O2/c1-2-27-17-14(9-25-8-13(10-6-7-10)23-18(25)24-17)22-16(26)12-5-3-4-11(21-12)15(19)20/h3-5,8-10,15H,2,6-7H2,1H3,(H,22,26). The fraction of sp³-hybridized carbons (Fsp3) is 0.333. The molecule has 27 heavy (non-hydrogen) atoms. The molecule has 4 rings (SSSR count). The summed E-state index contributed by atoms with van der Waals surface area (Å²) in [5.74, 6) is 0.538. The van der Waals surface area contributed by atoms with Crippen LogP contribution < -0.4 is 10.1 Å². The topological polar surface area (TPSA) is 81.4 Å². The molecule has 1 aliphatic rings. The lowest BCUT2D eigenvalue weighted by molar-refractivity contribution is 0.101. The Balaban J connectivity index is 1.65. The Morgan fingerprint density at radius 1 is 1.30 bits per heavy atom. The Morgan fingerprint density at radius 3 is 2.81 bits per heavy atom. The molecule has 1 aliphatic carbocycles. The first-order valence-corrected chi connectivity index (χ1v) is 8.64. The lowest BCUT2D eigenvalue weighted by Gasteiger charge is -2.11. The number of imidazole rings is 1. The van der Waals surface area contributed by atoms with Gasteiger partial charge in [-0.2, -0.15) is 4.98 Å². The maximum atomic E-state index is 12.8. The summed E-state index contributed by atoms with van der Waals surface area (Å²) >= 11 is 0. The Kier molecular flexibility index (Phi) is 4.43. The van der Waals surface area contributed by atoms with Gasteiger partial charge in [-0.25, -0.2) is 18.7 Å². The first kappa shape index (κ1) is 17.3. The molecule has 3 heterocycles. The number of nitrogens with zero attached hydrogens (tertiary/aromatic N) is 4. The number of ether oxygens (including phenoxy) is 1. The molecule has 1 fully saturated rings. The highest BCUT2D eigenvalue weighted by molar-refractivity contribution is 6.03. The van der Waals surface area contributed by atoms with Gasteiger partial charge in [0.2, 0.25) is 11.7 Å². The molecule has 0 aliphatic heterocycles. The fourth-order valence-corrected chi connectivity index (χ4v) is 2.72. The predicted molar refractivity (Wildman–Crippen MR) is 93.3 cm³/mol. The van der Waals surface area contributed by atoms with Crippen molar-refractivity contribution in [3.63, 3.8) is 0 Å². The minimum Gasteiger partial charge on any atom is -0.476 e. The molecule has 9 heteroatoms. The molecular formula is C18H17F2N5O2. The van der Waals surface area contributed by atoms with Crippen LogP contribution in [0.1, 0.15) is 54.0 Å². The van der Waals surface area contributed by atoms with Gasteiger partial charge in [0.25, 0.3) is 12.3 Å². The van der Waals surface area contributed by atoms with Gasteiger partial charge in [-0.3, -0.25) is 9.20 Å². The number of alkyl halides is 2. The van der Waals surface area contributed by atoms with Crippen molar-refractivity contribution < 1.29 is 18.3 Å². The van der Waals surface area contributed by atoms with Gasteiger partial charge in [0.05, 0.1) is 12.3 Å². The summed E-state index contributed by atoms with van der Waals surface area (Å²) < 4.78 is 32.9. The highest BCUT2D eigenvalue weighted by atomic mass is 19.3. The molecule has 0 aromatic carbocycles. The number of anilines is 1. The largest absolute Gasteiger partial charge is 0.476 e. The van der Waals surface area contributed by atoms with Crippen LogP contribution in [-0.4, -0.2) is 31.9 Å². The summed E-state index contributed by atoms with van der Waals surface area (Å²) in [6.45, 7) is 2.15. The third kappa shape index (κ3) is 3.57. The van der Waals surface area contributed by atoms with Gasteiger partial charge in [0.1, 0.15) is 17.1 Å². The van der Waals surface area contributed by atoms with Gasteiger partial charge in [-0.15, -0.1) is 0 Å². The van der Waals surface area contributed by atoms with Gasteiger partial charge in [-0.1, -0.05) is 6.07 Å². The summed E-state index contributed by atoms with van der Waals surface area (Å²) in [6, 6.07) is 3.91. The van der Waals surface area contributed by atoms with E-state index in [9.17, 15) is 13.6 Å². The molecule has 0 spiro atoms. The Morgan fingerprint density at radius 2 is 2.11 bits per heavy atom. The van der Waals surface area contributed by atoms with Gasteiger partial charge in [-0.05, 0) is 31.9 Å². The van der Waals surface area contributed by atoms with Crippen LogP contribution in [0.4, 0.5) is 14.5 Å². The van der Waals surface area contributed by atoms with Crippen LogP contribution in [0, 0.1) is 0 Å². The van der Waals surface area contributed by atoms with Gasteiger partial charge in [0, 0.05) is 18.3 Å². The third-order valence-corrected chi connectivity index (χ3v) is 4.18. The van der Waals surface area contributed by atoms with Crippen molar-refractivity contribution in [2.45, 2.75) is 32.1 Å². The van der Waals surface area contributed by atoms with Crippen LogP contribution in [0.3, 0.4) is 0 Å². The molecule has 0 bridgehead atoms. The smallest absolute Gasteiger partial charge is 0.280 e. The van der Waals surface area contributed by atoms with E-state index in [0.717, 1.165) is 18.5 Å². The normalized spacial score (nSPS) is 13.9. The molecule has 1 saturated carbocycles. The van der Waals surface area contributed by atoms with Crippen molar-refractivity contribution in [3.05, 3.63) is 47.7 Å². The summed E-state index contributed by atoms with van der Waals surface area (Å²) in [6.07, 6.45) is 3.00.